The lowest BCUT2D eigenvalue weighted by molar-refractivity contribution is -0.127. The molecule has 18 heavy (non-hydrogen) atoms. The van der Waals surface area contributed by atoms with Crippen molar-refractivity contribution in [2.45, 2.75) is 26.4 Å². The topological polar surface area (TPSA) is 55.4 Å². The van der Waals surface area contributed by atoms with Crippen LogP contribution in [0.5, 0.6) is 5.75 Å². The van der Waals surface area contributed by atoms with Gasteiger partial charge in [-0.2, -0.15) is 0 Å². The van der Waals surface area contributed by atoms with Crippen LogP contribution in [0.4, 0.5) is 0 Å². The van der Waals surface area contributed by atoms with E-state index in [4.69, 9.17) is 16.3 Å². The van der Waals surface area contributed by atoms with Crippen molar-refractivity contribution in [3.63, 3.8) is 0 Å². The molecule has 0 bridgehead atoms. The standard InChI is InChI=1S/C13H16ClNO3/c1-3-7-15-13(17)9(2)18-12-6-4-5-11(14)10(12)8-16/h4-6,8-9H,3,7H2,1-2H3,(H,15,17). The summed E-state index contributed by atoms with van der Waals surface area (Å²) in [6.07, 6.45) is 0.803. The van der Waals surface area contributed by atoms with Crippen LogP contribution in [0.1, 0.15) is 30.6 Å². The van der Waals surface area contributed by atoms with E-state index in [2.05, 4.69) is 5.32 Å². The first-order chi connectivity index (χ1) is 8.60. The Balaban J connectivity index is 2.75. The molecule has 5 heteroatoms. The van der Waals surface area contributed by atoms with E-state index in [1.165, 1.54) is 0 Å². The normalized spacial score (nSPS) is 11.7. The zero-order chi connectivity index (χ0) is 13.5. The van der Waals surface area contributed by atoms with Crippen molar-refractivity contribution in [1.82, 2.24) is 5.32 Å². The smallest absolute Gasteiger partial charge is 0.260 e. The van der Waals surface area contributed by atoms with E-state index in [0.29, 0.717) is 23.6 Å². The van der Waals surface area contributed by atoms with Crippen LogP contribution < -0.4 is 10.1 Å². The van der Waals surface area contributed by atoms with Crippen LogP contribution in [0.25, 0.3) is 0 Å². The van der Waals surface area contributed by atoms with E-state index in [1.807, 2.05) is 6.92 Å². The number of halogens is 1. The first kappa shape index (κ1) is 14.5. The molecule has 1 aromatic carbocycles. The van der Waals surface area contributed by atoms with E-state index in [-0.39, 0.29) is 11.5 Å². The molecule has 1 N–H and O–H groups in total. The number of hydrogen-bond donors (Lipinski definition) is 1. The first-order valence-electron chi connectivity index (χ1n) is 5.78. The third kappa shape index (κ3) is 3.74. The molecule has 0 aromatic heterocycles. The number of rotatable bonds is 6. The number of carbonyl (C=O) groups is 2. The molecule has 0 spiro atoms. The fraction of sp³-hybridized carbons (Fsp3) is 0.385. The predicted octanol–water partition coefficient (Wildman–Crippen LogP) is 2.45. The lowest BCUT2D eigenvalue weighted by atomic mass is 10.2. The highest BCUT2D eigenvalue weighted by Gasteiger charge is 2.16. The number of nitrogens with one attached hydrogen (secondary N) is 1. The van der Waals surface area contributed by atoms with Crippen molar-refractivity contribution in [3.05, 3.63) is 28.8 Å². The Bertz CT molecular complexity index is 434. The van der Waals surface area contributed by atoms with Gasteiger partial charge in [0.2, 0.25) is 0 Å². The highest BCUT2D eigenvalue weighted by molar-refractivity contribution is 6.33. The monoisotopic (exact) mass is 269 g/mol. The van der Waals surface area contributed by atoms with Crippen LogP contribution in [-0.2, 0) is 4.79 Å². The molecule has 1 atom stereocenters. The average molecular weight is 270 g/mol. The number of benzene rings is 1. The molecule has 0 aliphatic rings. The van der Waals surface area contributed by atoms with Crippen LogP contribution in [0.15, 0.2) is 18.2 Å². The Kier molecular flexibility index (Phi) is 5.65. The summed E-state index contributed by atoms with van der Waals surface area (Å²) in [4.78, 5) is 22.5. The van der Waals surface area contributed by atoms with Crippen LogP contribution in [0.3, 0.4) is 0 Å². The minimum atomic E-state index is -0.672. The lowest BCUT2D eigenvalue weighted by Crippen LogP contribution is -2.36. The molecule has 1 amide bonds. The third-order valence-electron chi connectivity index (χ3n) is 2.35. The van der Waals surface area contributed by atoms with Gasteiger partial charge in [-0.05, 0) is 25.5 Å². The summed E-state index contributed by atoms with van der Waals surface area (Å²) in [5.41, 5.74) is 0.259. The maximum atomic E-state index is 11.6. The average Bonchev–Trinajstić information content (AvgIpc) is 2.36. The van der Waals surface area contributed by atoms with Gasteiger partial charge in [-0.25, -0.2) is 0 Å². The molecule has 0 fully saturated rings. The zero-order valence-corrected chi connectivity index (χ0v) is 11.2. The Morgan fingerprint density at radius 2 is 2.28 bits per heavy atom. The number of hydrogen-bond acceptors (Lipinski definition) is 3. The van der Waals surface area contributed by atoms with Crippen molar-refractivity contribution < 1.29 is 14.3 Å². The summed E-state index contributed by atoms with van der Waals surface area (Å²) >= 11 is 5.86. The molecule has 4 nitrogen and oxygen atoms in total. The van der Waals surface area contributed by atoms with Gasteiger partial charge < -0.3 is 10.1 Å². The molecule has 0 aliphatic heterocycles. The molecule has 1 unspecified atom stereocenters. The van der Waals surface area contributed by atoms with Crippen molar-refractivity contribution in [2.75, 3.05) is 6.54 Å². The van der Waals surface area contributed by atoms with Gasteiger partial charge in [-0.1, -0.05) is 24.6 Å². The second-order valence-corrected chi connectivity index (χ2v) is 4.23. The summed E-state index contributed by atoms with van der Waals surface area (Å²) in [7, 11) is 0. The molecule has 0 radical (unpaired) electrons. The number of aldehydes is 1. The second-order valence-electron chi connectivity index (χ2n) is 3.82. The van der Waals surface area contributed by atoms with Gasteiger partial charge in [0.1, 0.15) is 5.75 Å². The van der Waals surface area contributed by atoms with Crippen LogP contribution in [-0.4, -0.2) is 24.8 Å². The SMILES string of the molecule is CCCNC(=O)C(C)Oc1cccc(Cl)c1C=O. The fourth-order valence-electron chi connectivity index (χ4n) is 1.37. The molecule has 1 rings (SSSR count). The summed E-state index contributed by atoms with van der Waals surface area (Å²) in [5, 5.41) is 3.03. The van der Waals surface area contributed by atoms with E-state index >= 15 is 0 Å². The van der Waals surface area contributed by atoms with Gasteiger partial charge in [0.25, 0.3) is 5.91 Å². The molecule has 0 saturated carbocycles. The molecular weight excluding hydrogens is 254 g/mol. The fourth-order valence-corrected chi connectivity index (χ4v) is 1.58. The number of ether oxygens (including phenoxy) is 1. The summed E-state index contributed by atoms with van der Waals surface area (Å²) in [5.74, 6) is 0.102. The van der Waals surface area contributed by atoms with Gasteiger partial charge in [0.05, 0.1) is 10.6 Å². The Hall–Kier alpha value is -1.55. The summed E-state index contributed by atoms with van der Waals surface area (Å²) in [6, 6.07) is 4.88. The molecule has 98 valence electrons. The van der Waals surface area contributed by atoms with Crippen LogP contribution in [0, 0.1) is 0 Å². The van der Waals surface area contributed by atoms with Gasteiger partial charge in [0, 0.05) is 6.54 Å². The molecule has 0 heterocycles. The quantitative estimate of drug-likeness (QED) is 0.807. The number of amides is 1. The van der Waals surface area contributed by atoms with Crippen LogP contribution in [0.2, 0.25) is 5.02 Å². The van der Waals surface area contributed by atoms with Gasteiger partial charge >= 0.3 is 0 Å². The van der Waals surface area contributed by atoms with E-state index in [1.54, 1.807) is 25.1 Å². The van der Waals surface area contributed by atoms with Gasteiger partial charge in [0.15, 0.2) is 12.4 Å². The van der Waals surface area contributed by atoms with E-state index in [9.17, 15) is 9.59 Å². The number of carbonyl (C=O) groups excluding carboxylic acids is 2. The largest absolute Gasteiger partial charge is 0.480 e. The Labute approximate surface area is 111 Å². The molecule has 0 aliphatic carbocycles. The van der Waals surface area contributed by atoms with Gasteiger partial charge in [-0.3, -0.25) is 9.59 Å². The Morgan fingerprint density at radius 3 is 2.89 bits per heavy atom. The van der Waals surface area contributed by atoms with E-state index < -0.39 is 6.10 Å². The molecule has 0 saturated heterocycles. The van der Waals surface area contributed by atoms with Crippen molar-refractivity contribution in [3.8, 4) is 5.75 Å². The highest BCUT2D eigenvalue weighted by atomic mass is 35.5. The predicted molar refractivity (Wildman–Crippen MR) is 70.2 cm³/mol. The minimum Gasteiger partial charge on any atom is -0.480 e. The lowest BCUT2D eigenvalue weighted by Gasteiger charge is -2.16. The molecule has 1 aromatic rings. The molecular formula is C13H16ClNO3. The summed E-state index contributed by atoms with van der Waals surface area (Å²) < 4.78 is 5.45. The van der Waals surface area contributed by atoms with Crippen molar-refractivity contribution in [1.29, 1.82) is 0 Å². The van der Waals surface area contributed by atoms with Crippen molar-refractivity contribution in [2.24, 2.45) is 0 Å². The second kappa shape index (κ2) is 7.01. The third-order valence-corrected chi connectivity index (χ3v) is 2.68. The van der Waals surface area contributed by atoms with Crippen LogP contribution >= 0.6 is 11.6 Å². The highest BCUT2D eigenvalue weighted by Crippen LogP contribution is 2.25. The minimum absolute atomic E-state index is 0.214. The maximum absolute atomic E-state index is 11.6. The summed E-state index contributed by atoms with van der Waals surface area (Å²) in [6.45, 7) is 4.19. The van der Waals surface area contributed by atoms with Gasteiger partial charge in [-0.15, -0.1) is 0 Å². The maximum Gasteiger partial charge on any atom is 0.260 e. The van der Waals surface area contributed by atoms with Crippen molar-refractivity contribution >= 4 is 23.8 Å². The first-order valence-corrected chi connectivity index (χ1v) is 6.16. The Morgan fingerprint density at radius 1 is 1.56 bits per heavy atom. The zero-order valence-electron chi connectivity index (χ0n) is 10.4. The van der Waals surface area contributed by atoms with E-state index in [0.717, 1.165) is 6.42 Å².